The first-order valence-corrected chi connectivity index (χ1v) is 10.3. The quantitative estimate of drug-likeness (QED) is 0.316. The first-order valence-electron chi connectivity index (χ1n) is 9.89. The molecule has 1 aromatic carbocycles. The molecule has 0 unspecified atom stereocenters. The number of H-pyrrole nitrogens is 2. The molecule has 0 amide bonds. The number of nitrogens with zero attached hydrogens (tertiary/aromatic N) is 5. The van der Waals surface area contributed by atoms with Crippen molar-refractivity contribution in [3.8, 4) is 5.88 Å². The van der Waals surface area contributed by atoms with Crippen LogP contribution in [0.25, 0.3) is 11.7 Å². The Morgan fingerprint density at radius 1 is 1.18 bits per heavy atom. The van der Waals surface area contributed by atoms with E-state index in [0.717, 1.165) is 11.3 Å². The topological polar surface area (TPSA) is 136 Å². The third-order valence-corrected chi connectivity index (χ3v) is 5.02. The van der Waals surface area contributed by atoms with Crippen LogP contribution < -0.4 is 21.7 Å². The number of hydrogen-bond acceptors (Lipinski definition) is 7. The number of fused-ring (bicyclic) bond motifs is 1. The normalized spacial score (nSPS) is 12.5. The molecule has 164 valence electrons. The molecule has 0 bridgehead atoms. The molecule has 0 saturated carbocycles. The molecule has 11 heteroatoms. The van der Waals surface area contributed by atoms with E-state index in [1.807, 2.05) is 24.3 Å². The zero-order valence-electron chi connectivity index (χ0n) is 17.0. The van der Waals surface area contributed by atoms with Gasteiger partial charge in [-0.05, 0) is 42.0 Å². The van der Waals surface area contributed by atoms with Crippen molar-refractivity contribution in [3.63, 3.8) is 0 Å². The van der Waals surface area contributed by atoms with Gasteiger partial charge >= 0.3 is 5.69 Å². The van der Waals surface area contributed by atoms with E-state index < -0.39 is 5.69 Å². The molecule has 33 heavy (non-hydrogen) atoms. The van der Waals surface area contributed by atoms with E-state index in [-0.39, 0.29) is 11.6 Å². The first-order chi connectivity index (χ1) is 16.0. The molecule has 0 aliphatic heterocycles. The van der Waals surface area contributed by atoms with Gasteiger partial charge in [0.15, 0.2) is 11.1 Å². The van der Waals surface area contributed by atoms with E-state index in [1.165, 1.54) is 0 Å². The molecule has 0 aliphatic rings. The Balaban J connectivity index is 1.66. The highest BCUT2D eigenvalue weighted by atomic mass is 35.5. The molecule has 0 atom stereocenters. The highest BCUT2D eigenvalue weighted by Crippen LogP contribution is 2.18. The lowest BCUT2D eigenvalue weighted by atomic mass is 10.3. The standard InChI is InChI=1S/C22H17ClN8O2/c23-15-2-1-3-16(9-15)27-18-10-19(25-11-13-4-6-24-7-5-13)31-20(29-18)14(12-26-31)8-17-21(32)30-22(33)28-17/h1-10,12,27,32H,11H2,(H2,28,30,33)/b14-8-,25-19?. The number of halogens is 1. The van der Waals surface area contributed by atoms with Crippen molar-refractivity contribution >= 4 is 34.8 Å². The Morgan fingerprint density at radius 3 is 2.79 bits per heavy atom. The van der Waals surface area contributed by atoms with Crippen LogP contribution in [0.3, 0.4) is 0 Å². The Morgan fingerprint density at radius 2 is 2.03 bits per heavy atom. The number of aromatic amines is 2. The lowest BCUT2D eigenvalue weighted by molar-refractivity contribution is 0.454. The minimum absolute atomic E-state index is 0.222. The van der Waals surface area contributed by atoms with Gasteiger partial charge in [-0.1, -0.05) is 17.7 Å². The van der Waals surface area contributed by atoms with Gasteiger partial charge < -0.3 is 15.4 Å². The van der Waals surface area contributed by atoms with E-state index in [9.17, 15) is 9.90 Å². The van der Waals surface area contributed by atoms with Crippen LogP contribution in [0.15, 0.2) is 70.8 Å². The monoisotopic (exact) mass is 460 g/mol. The SMILES string of the molecule is O=c1[nH]c(O)c(/C=c2/cnn3c(=NCc4ccncc4)cc(Nc4cccc(Cl)c4)nc23)[nH]1. The van der Waals surface area contributed by atoms with E-state index in [2.05, 4.69) is 30.4 Å². The predicted octanol–water partition coefficient (Wildman–Crippen LogP) is 1.89. The summed E-state index contributed by atoms with van der Waals surface area (Å²) >= 11 is 6.11. The van der Waals surface area contributed by atoms with Gasteiger partial charge in [-0.3, -0.25) is 15.0 Å². The maximum Gasteiger partial charge on any atom is 0.326 e. The van der Waals surface area contributed by atoms with Crippen LogP contribution in [-0.2, 0) is 6.54 Å². The van der Waals surface area contributed by atoms with E-state index in [0.29, 0.717) is 33.7 Å². The summed E-state index contributed by atoms with van der Waals surface area (Å²) in [6.45, 7) is 0.420. The zero-order valence-corrected chi connectivity index (χ0v) is 17.8. The smallest absolute Gasteiger partial charge is 0.326 e. The zero-order chi connectivity index (χ0) is 22.8. The number of rotatable bonds is 5. The van der Waals surface area contributed by atoms with Crippen molar-refractivity contribution < 1.29 is 5.11 Å². The molecule has 4 N–H and O–H groups in total. The average Bonchev–Trinajstić information content (AvgIpc) is 3.35. The number of anilines is 2. The summed E-state index contributed by atoms with van der Waals surface area (Å²) in [5, 5.41) is 18.7. The third-order valence-electron chi connectivity index (χ3n) is 4.79. The lowest BCUT2D eigenvalue weighted by Gasteiger charge is -2.07. The molecule has 0 spiro atoms. The van der Waals surface area contributed by atoms with Crippen LogP contribution in [-0.4, -0.2) is 34.7 Å². The van der Waals surface area contributed by atoms with Gasteiger partial charge in [-0.15, -0.1) is 0 Å². The van der Waals surface area contributed by atoms with Gasteiger partial charge in [0.05, 0.1) is 12.7 Å². The molecule has 5 aromatic rings. The molecule has 4 heterocycles. The molecule has 5 rings (SSSR count). The average molecular weight is 461 g/mol. The molecule has 0 fully saturated rings. The van der Waals surface area contributed by atoms with Crippen LogP contribution in [0.1, 0.15) is 11.3 Å². The van der Waals surface area contributed by atoms with E-state index in [4.69, 9.17) is 16.6 Å². The number of aromatic hydroxyl groups is 1. The molecule has 0 saturated heterocycles. The lowest BCUT2D eigenvalue weighted by Crippen LogP contribution is -2.19. The van der Waals surface area contributed by atoms with Crippen LogP contribution in [0.2, 0.25) is 5.02 Å². The maximum absolute atomic E-state index is 11.5. The van der Waals surface area contributed by atoms with Crippen LogP contribution in [0.5, 0.6) is 5.88 Å². The van der Waals surface area contributed by atoms with E-state index >= 15 is 0 Å². The van der Waals surface area contributed by atoms with Crippen molar-refractivity contribution in [1.82, 2.24) is 29.5 Å². The van der Waals surface area contributed by atoms with Gasteiger partial charge in [0, 0.05) is 34.4 Å². The Kier molecular flexibility index (Phi) is 5.33. The summed E-state index contributed by atoms with van der Waals surface area (Å²) in [4.78, 5) is 29.7. The number of pyridine rings is 1. The minimum atomic E-state index is -0.514. The van der Waals surface area contributed by atoms with Crippen LogP contribution in [0.4, 0.5) is 11.5 Å². The second kappa shape index (κ2) is 8.60. The number of hydrogen-bond donors (Lipinski definition) is 4. The summed E-state index contributed by atoms with van der Waals surface area (Å²) in [6, 6.07) is 12.8. The first kappa shape index (κ1) is 20.5. The van der Waals surface area contributed by atoms with Crippen LogP contribution in [0, 0.1) is 0 Å². The Bertz CT molecular complexity index is 1620. The largest absolute Gasteiger partial charge is 0.493 e. The van der Waals surface area contributed by atoms with Gasteiger partial charge in [0.25, 0.3) is 0 Å². The fourth-order valence-electron chi connectivity index (χ4n) is 3.26. The third kappa shape index (κ3) is 4.46. The molecule has 0 radical (unpaired) electrons. The molecular weight excluding hydrogens is 444 g/mol. The van der Waals surface area contributed by atoms with Crippen molar-refractivity contribution in [2.24, 2.45) is 4.99 Å². The second-order valence-electron chi connectivity index (χ2n) is 7.13. The fraction of sp³-hybridized carbons (Fsp3) is 0.0455. The number of aromatic nitrogens is 6. The summed E-state index contributed by atoms with van der Waals surface area (Å²) in [5.41, 5.74) is 2.51. The Labute approximate surface area is 191 Å². The second-order valence-corrected chi connectivity index (χ2v) is 7.56. The predicted molar refractivity (Wildman–Crippen MR) is 123 cm³/mol. The van der Waals surface area contributed by atoms with Gasteiger partial charge in [-0.25, -0.2) is 9.78 Å². The number of imidazole rings is 1. The Hall–Kier alpha value is -4.44. The maximum atomic E-state index is 11.5. The summed E-state index contributed by atoms with van der Waals surface area (Å²) in [5.74, 6) is 0.260. The van der Waals surface area contributed by atoms with Crippen LogP contribution >= 0.6 is 11.6 Å². The van der Waals surface area contributed by atoms with Gasteiger partial charge in [0.1, 0.15) is 11.5 Å². The number of benzene rings is 1. The minimum Gasteiger partial charge on any atom is -0.493 e. The molecule has 10 nitrogen and oxygen atoms in total. The fourth-order valence-corrected chi connectivity index (χ4v) is 3.45. The van der Waals surface area contributed by atoms with Gasteiger partial charge in [0.2, 0.25) is 5.88 Å². The highest BCUT2D eigenvalue weighted by Gasteiger charge is 2.08. The summed E-state index contributed by atoms with van der Waals surface area (Å²) in [7, 11) is 0. The van der Waals surface area contributed by atoms with Crippen molar-refractivity contribution in [1.29, 1.82) is 0 Å². The highest BCUT2D eigenvalue weighted by molar-refractivity contribution is 6.30. The molecule has 0 aliphatic carbocycles. The molecule has 4 aromatic heterocycles. The summed E-state index contributed by atoms with van der Waals surface area (Å²) < 4.78 is 1.60. The van der Waals surface area contributed by atoms with Crippen molar-refractivity contribution in [2.75, 3.05) is 5.32 Å². The van der Waals surface area contributed by atoms with Crippen molar-refractivity contribution in [2.45, 2.75) is 6.54 Å². The molecular formula is C22H17ClN8O2. The van der Waals surface area contributed by atoms with Crippen molar-refractivity contribution in [3.05, 3.63) is 98.5 Å². The number of nitrogens with one attached hydrogen (secondary N) is 3. The summed E-state index contributed by atoms with van der Waals surface area (Å²) in [6.07, 6.45) is 6.59. The van der Waals surface area contributed by atoms with Gasteiger partial charge in [-0.2, -0.15) is 9.61 Å². The van der Waals surface area contributed by atoms with E-state index in [1.54, 1.807) is 47.4 Å².